The second kappa shape index (κ2) is 14.6. The molecule has 4 atom stereocenters. The van der Waals surface area contributed by atoms with Crippen LogP contribution in [-0.4, -0.2) is 59.6 Å². The summed E-state index contributed by atoms with van der Waals surface area (Å²) in [6.45, 7) is 0.623. The van der Waals surface area contributed by atoms with Gasteiger partial charge in [0.2, 0.25) is 11.8 Å². The fourth-order valence-corrected chi connectivity index (χ4v) is 5.51. The molecule has 0 spiro atoms. The SMILES string of the molecule is O=C1NC(Cc2ccccc2)COC(=O)C(Cc2ccccc2)CCC=CCC1CC(=O)N1CCCC1CO. The number of rotatable bonds is 7. The highest BCUT2D eigenvalue weighted by atomic mass is 16.5. The smallest absolute Gasteiger partial charge is 0.309 e. The minimum atomic E-state index is -0.538. The van der Waals surface area contributed by atoms with Gasteiger partial charge in [-0.25, -0.2) is 0 Å². The van der Waals surface area contributed by atoms with Crippen LogP contribution in [0.25, 0.3) is 0 Å². The summed E-state index contributed by atoms with van der Waals surface area (Å²) >= 11 is 0. The molecule has 0 aromatic heterocycles. The Bertz CT molecular complexity index is 1100. The molecular weight excluding hydrogens is 492 g/mol. The van der Waals surface area contributed by atoms with E-state index in [1.165, 1.54) is 0 Å². The second-order valence-electron chi connectivity index (χ2n) is 10.7. The number of nitrogens with zero attached hydrogens (tertiary/aromatic N) is 1. The Morgan fingerprint density at radius 3 is 2.31 bits per heavy atom. The van der Waals surface area contributed by atoms with E-state index in [0.717, 1.165) is 24.0 Å². The number of nitrogens with one attached hydrogen (secondary N) is 1. The van der Waals surface area contributed by atoms with E-state index in [-0.39, 0.29) is 49.4 Å². The van der Waals surface area contributed by atoms with Crippen molar-refractivity contribution in [2.24, 2.45) is 11.8 Å². The predicted molar refractivity (Wildman–Crippen MR) is 150 cm³/mol. The summed E-state index contributed by atoms with van der Waals surface area (Å²) in [4.78, 5) is 41.5. The first-order valence-corrected chi connectivity index (χ1v) is 14.1. The van der Waals surface area contributed by atoms with E-state index in [0.29, 0.717) is 38.6 Å². The number of carbonyl (C=O) groups is 3. The number of ether oxygens (including phenoxy) is 1. The molecule has 2 heterocycles. The molecule has 1 fully saturated rings. The summed E-state index contributed by atoms with van der Waals surface area (Å²) in [6, 6.07) is 19.1. The van der Waals surface area contributed by atoms with Crippen molar-refractivity contribution in [3.63, 3.8) is 0 Å². The van der Waals surface area contributed by atoms with E-state index >= 15 is 0 Å². The van der Waals surface area contributed by atoms with Gasteiger partial charge in [-0.3, -0.25) is 14.4 Å². The molecule has 2 aliphatic rings. The molecule has 7 nitrogen and oxygen atoms in total. The van der Waals surface area contributed by atoms with Crippen LogP contribution in [0.5, 0.6) is 0 Å². The maximum Gasteiger partial charge on any atom is 0.309 e. The van der Waals surface area contributed by atoms with E-state index in [4.69, 9.17) is 4.74 Å². The van der Waals surface area contributed by atoms with Crippen molar-refractivity contribution in [2.45, 2.75) is 63.5 Å². The maximum absolute atomic E-state index is 13.5. The molecule has 2 aromatic rings. The van der Waals surface area contributed by atoms with Crippen LogP contribution in [0, 0.1) is 11.8 Å². The molecule has 2 N–H and O–H groups in total. The molecule has 0 radical (unpaired) electrons. The second-order valence-corrected chi connectivity index (χ2v) is 10.7. The number of esters is 1. The minimum Gasteiger partial charge on any atom is -0.463 e. The third kappa shape index (κ3) is 8.52. The predicted octanol–water partition coefficient (Wildman–Crippen LogP) is 3.85. The fourth-order valence-electron chi connectivity index (χ4n) is 5.51. The Morgan fingerprint density at radius 2 is 1.62 bits per heavy atom. The Kier molecular flexibility index (Phi) is 10.7. The molecule has 0 saturated carbocycles. The summed E-state index contributed by atoms with van der Waals surface area (Å²) in [7, 11) is 0. The summed E-state index contributed by atoms with van der Waals surface area (Å²) in [5, 5.41) is 12.8. The number of carbonyl (C=O) groups excluding carboxylic acids is 3. The highest BCUT2D eigenvalue weighted by molar-refractivity contribution is 5.86. The lowest BCUT2D eigenvalue weighted by molar-refractivity contribution is -0.150. The van der Waals surface area contributed by atoms with E-state index < -0.39 is 12.0 Å². The third-order valence-corrected chi connectivity index (χ3v) is 7.73. The van der Waals surface area contributed by atoms with E-state index in [1.54, 1.807) is 4.90 Å². The first-order valence-electron chi connectivity index (χ1n) is 14.1. The Balaban J connectivity index is 1.51. The molecule has 0 aliphatic carbocycles. The highest BCUT2D eigenvalue weighted by Gasteiger charge is 2.32. The first kappa shape index (κ1) is 28.6. The van der Waals surface area contributed by atoms with Gasteiger partial charge in [-0.05, 0) is 56.1 Å². The number of aliphatic hydroxyl groups is 1. The molecular formula is C32H40N2O5. The van der Waals surface area contributed by atoms with Gasteiger partial charge in [-0.2, -0.15) is 0 Å². The quantitative estimate of drug-likeness (QED) is 0.417. The number of hydrogen-bond donors (Lipinski definition) is 2. The van der Waals surface area contributed by atoms with Crippen LogP contribution >= 0.6 is 0 Å². The zero-order valence-corrected chi connectivity index (χ0v) is 22.5. The van der Waals surface area contributed by atoms with Crippen LogP contribution in [0.3, 0.4) is 0 Å². The van der Waals surface area contributed by atoms with Gasteiger partial charge in [0.1, 0.15) is 6.61 Å². The van der Waals surface area contributed by atoms with Gasteiger partial charge in [0.25, 0.3) is 0 Å². The van der Waals surface area contributed by atoms with Crippen molar-refractivity contribution in [2.75, 3.05) is 19.8 Å². The first-order chi connectivity index (χ1) is 19.0. The third-order valence-electron chi connectivity index (χ3n) is 7.73. The molecule has 7 heteroatoms. The van der Waals surface area contributed by atoms with E-state index in [9.17, 15) is 19.5 Å². The summed E-state index contributed by atoms with van der Waals surface area (Å²) < 4.78 is 5.82. The van der Waals surface area contributed by atoms with Crippen LogP contribution in [-0.2, 0) is 32.0 Å². The number of likely N-dealkylation sites (tertiary alicyclic amines) is 1. The van der Waals surface area contributed by atoms with Crippen LogP contribution < -0.4 is 5.32 Å². The van der Waals surface area contributed by atoms with Crippen molar-refractivity contribution >= 4 is 17.8 Å². The lowest BCUT2D eigenvalue weighted by atomic mass is 9.94. The van der Waals surface area contributed by atoms with Crippen molar-refractivity contribution in [3.05, 3.63) is 83.9 Å². The fraction of sp³-hybridized carbons (Fsp3) is 0.469. The van der Waals surface area contributed by atoms with Gasteiger partial charge >= 0.3 is 5.97 Å². The van der Waals surface area contributed by atoms with Gasteiger partial charge in [0, 0.05) is 13.0 Å². The van der Waals surface area contributed by atoms with Crippen molar-refractivity contribution in [3.8, 4) is 0 Å². The van der Waals surface area contributed by atoms with Gasteiger partial charge in [-0.1, -0.05) is 72.8 Å². The van der Waals surface area contributed by atoms with Gasteiger partial charge in [0.15, 0.2) is 0 Å². The molecule has 1 saturated heterocycles. The Labute approximate surface area is 231 Å². The van der Waals surface area contributed by atoms with Crippen molar-refractivity contribution < 1.29 is 24.2 Å². The van der Waals surface area contributed by atoms with Crippen LogP contribution in [0.4, 0.5) is 0 Å². The number of benzene rings is 2. The number of aliphatic hydroxyl groups excluding tert-OH is 1. The number of cyclic esters (lactones) is 1. The molecule has 2 amide bonds. The summed E-state index contributed by atoms with van der Waals surface area (Å²) in [6.07, 6.45) is 8.57. The Hall–Kier alpha value is -3.45. The number of hydrogen-bond acceptors (Lipinski definition) is 5. The van der Waals surface area contributed by atoms with Crippen LogP contribution in [0.1, 0.15) is 49.7 Å². The minimum absolute atomic E-state index is 0.0584. The van der Waals surface area contributed by atoms with E-state index in [1.807, 2.05) is 72.8 Å². The molecule has 4 unspecified atom stereocenters. The molecule has 208 valence electrons. The average Bonchev–Trinajstić information content (AvgIpc) is 3.44. The largest absolute Gasteiger partial charge is 0.463 e. The number of allylic oxidation sites excluding steroid dienone is 2. The van der Waals surface area contributed by atoms with Crippen molar-refractivity contribution in [1.82, 2.24) is 10.2 Å². The Morgan fingerprint density at radius 1 is 0.923 bits per heavy atom. The van der Waals surface area contributed by atoms with Gasteiger partial charge in [0.05, 0.1) is 30.5 Å². The molecule has 0 bridgehead atoms. The molecule has 39 heavy (non-hydrogen) atoms. The lowest BCUT2D eigenvalue weighted by Crippen LogP contribution is -2.45. The zero-order valence-electron chi connectivity index (χ0n) is 22.5. The monoisotopic (exact) mass is 532 g/mol. The highest BCUT2D eigenvalue weighted by Crippen LogP contribution is 2.22. The molecule has 4 rings (SSSR count). The molecule has 2 aromatic carbocycles. The number of amides is 2. The van der Waals surface area contributed by atoms with Crippen LogP contribution in [0.2, 0.25) is 0 Å². The van der Waals surface area contributed by atoms with Gasteiger partial charge < -0.3 is 20.1 Å². The van der Waals surface area contributed by atoms with Crippen molar-refractivity contribution in [1.29, 1.82) is 0 Å². The lowest BCUT2D eigenvalue weighted by Gasteiger charge is -2.26. The van der Waals surface area contributed by atoms with Crippen LogP contribution in [0.15, 0.2) is 72.8 Å². The normalized spacial score (nSPS) is 24.7. The zero-order chi connectivity index (χ0) is 27.5. The average molecular weight is 533 g/mol. The standard InChI is InChI=1S/C32H40N2O5/c35-22-29-17-10-18-34(29)30(36)21-26-15-8-3-9-16-27(19-24-11-4-1-5-12-24)32(38)39-23-28(33-31(26)37)20-25-13-6-2-7-14-25/h1-8,11-14,26-29,35H,9-10,15-23H2,(H,33,37). The topological polar surface area (TPSA) is 95.9 Å². The van der Waals surface area contributed by atoms with E-state index in [2.05, 4.69) is 5.32 Å². The summed E-state index contributed by atoms with van der Waals surface area (Å²) in [5.74, 6) is -1.39. The maximum atomic E-state index is 13.5. The molecule has 2 aliphatic heterocycles. The van der Waals surface area contributed by atoms with Gasteiger partial charge in [-0.15, -0.1) is 0 Å². The summed E-state index contributed by atoms with van der Waals surface area (Å²) in [5.41, 5.74) is 2.11.